The van der Waals surface area contributed by atoms with Crippen LogP contribution in [-0.4, -0.2) is 71.4 Å². The summed E-state index contributed by atoms with van der Waals surface area (Å²) in [5.74, 6) is 1.34. The fraction of sp³-hybridized carbons (Fsp3) is 0.500. The van der Waals surface area contributed by atoms with Crippen molar-refractivity contribution in [2.24, 2.45) is 5.73 Å². The Balaban J connectivity index is 1.43. The lowest BCUT2D eigenvalue weighted by atomic mass is 10.0. The Morgan fingerprint density at radius 1 is 1.18 bits per heavy atom. The van der Waals surface area contributed by atoms with Crippen LogP contribution in [-0.2, 0) is 4.79 Å². The summed E-state index contributed by atoms with van der Waals surface area (Å²) in [7, 11) is 4.18. The monoisotopic (exact) mass is 451 g/mol. The zero-order valence-electron chi connectivity index (χ0n) is 19.4. The molecule has 2 fully saturated rings. The summed E-state index contributed by atoms with van der Waals surface area (Å²) in [6.45, 7) is 1.97. The van der Waals surface area contributed by atoms with Gasteiger partial charge in [0.25, 0.3) is 5.91 Å². The van der Waals surface area contributed by atoms with E-state index in [0.717, 1.165) is 55.8 Å². The van der Waals surface area contributed by atoms with E-state index >= 15 is 0 Å². The van der Waals surface area contributed by atoms with Gasteiger partial charge in [0.15, 0.2) is 0 Å². The first-order valence-electron chi connectivity index (χ1n) is 11.6. The molecule has 1 aliphatic carbocycles. The zero-order valence-corrected chi connectivity index (χ0v) is 19.4. The molecule has 1 saturated carbocycles. The molecule has 1 saturated heterocycles. The highest BCUT2D eigenvalue weighted by Gasteiger charge is 2.28. The molecule has 4 N–H and O–H groups in total. The minimum atomic E-state index is -0.352. The summed E-state index contributed by atoms with van der Waals surface area (Å²) in [5, 5.41) is 6.44. The first-order chi connectivity index (χ1) is 15.9. The van der Waals surface area contributed by atoms with Crippen LogP contribution in [0.2, 0.25) is 0 Å². The first kappa shape index (κ1) is 23.0. The van der Waals surface area contributed by atoms with Crippen molar-refractivity contribution in [1.82, 2.24) is 19.8 Å². The van der Waals surface area contributed by atoms with Crippen LogP contribution < -0.4 is 16.4 Å². The average Bonchev–Trinajstić information content (AvgIpc) is 3.64. The number of nitrogens with one attached hydrogen (secondary N) is 2. The number of rotatable bonds is 9. The Kier molecular flexibility index (Phi) is 7.08. The van der Waals surface area contributed by atoms with E-state index in [1.54, 1.807) is 0 Å². The molecule has 0 atom stereocenters. The van der Waals surface area contributed by atoms with Crippen LogP contribution in [0.5, 0.6) is 0 Å². The van der Waals surface area contributed by atoms with Crippen molar-refractivity contribution in [1.29, 1.82) is 0 Å². The minimum Gasteiger partial charge on any atom is -0.370 e. The minimum absolute atomic E-state index is 0.0506. The number of anilines is 3. The lowest BCUT2D eigenvalue weighted by Gasteiger charge is -2.35. The maximum Gasteiger partial charge on any atom is 0.253 e. The largest absolute Gasteiger partial charge is 0.370 e. The standard InChI is InChI=1S/C24H33N7O2/c1-30(2)19-9-12-31(13-10-19)23(33)17-4-3-5-18(14-17)28-24-27-15-20(16-6-7-16)22(29-24)26-11-8-21(25)32/h3-5,14-16,19H,6-13H2,1-2H3,(H2,25,32)(H2,26,27,28,29). The van der Waals surface area contributed by atoms with E-state index in [0.29, 0.717) is 30.0 Å². The molecule has 9 heteroatoms. The van der Waals surface area contributed by atoms with Gasteiger partial charge in [0.1, 0.15) is 5.82 Å². The number of carbonyl (C=O) groups is 2. The van der Waals surface area contributed by atoms with Crippen molar-refractivity contribution < 1.29 is 9.59 Å². The Bertz CT molecular complexity index is 998. The molecule has 0 spiro atoms. The number of likely N-dealkylation sites (tertiary alicyclic amines) is 1. The van der Waals surface area contributed by atoms with Crippen molar-refractivity contribution in [3.05, 3.63) is 41.6 Å². The molecule has 2 aliphatic rings. The van der Waals surface area contributed by atoms with Crippen LogP contribution in [0.3, 0.4) is 0 Å². The van der Waals surface area contributed by atoms with E-state index in [9.17, 15) is 9.59 Å². The highest BCUT2D eigenvalue weighted by atomic mass is 16.2. The van der Waals surface area contributed by atoms with Gasteiger partial charge >= 0.3 is 0 Å². The first-order valence-corrected chi connectivity index (χ1v) is 11.6. The lowest BCUT2D eigenvalue weighted by Crippen LogP contribution is -2.44. The molecule has 2 amide bonds. The summed E-state index contributed by atoms with van der Waals surface area (Å²) in [5.41, 5.74) is 7.73. The van der Waals surface area contributed by atoms with Crippen molar-refractivity contribution >= 4 is 29.3 Å². The topological polar surface area (TPSA) is 116 Å². The van der Waals surface area contributed by atoms with E-state index < -0.39 is 0 Å². The third-order valence-corrected chi connectivity index (χ3v) is 6.35. The predicted molar refractivity (Wildman–Crippen MR) is 129 cm³/mol. The molecule has 176 valence electrons. The molecule has 1 aromatic heterocycles. The summed E-state index contributed by atoms with van der Waals surface area (Å²) in [6, 6.07) is 7.99. The van der Waals surface area contributed by atoms with E-state index in [4.69, 9.17) is 5.73 Å². The quantitative estimate of drug-likeness (QED) is 0.536. The Morgan fingerprint density at radius 2 is 1.94 bits per heavy atom. The molecule has 0 unspecified atom stereocenters. The van der Waals surface area contributed by atoms with Crippen molar-refractivity contribution in [3.63, 3.8) is 0 Å². The molecule has 1 aromatic carbocycles. The van der Waals surface area contributed by atoms with Crippen LogP contribution in [0.15, 0.2) is 30.5 Å². The summed E-state index contributed by atoms with van der Waals surface area (Å²) >= 11 is 0. The molecule has 2 aromatic rings. The van der Waals surface area contributed by atoms with E-state index in [2.05, 4.69) is 39.6 Å². The van der Waals surface area contributed by atoms with Gasteiger partial charge in [-0.15, -0.1) is 0 Å². The Morgan fingerprint density at radius 3 is 2.61 bits per heavy atom. The molecule has 0 bridgehead atoms. The number of nitrogens with zero attached hydrogens (tertiary/aromatic N) is 4. The highest BCUT2D eigenvalue weighted by Crippen LogP contribution is 2.42. The van der Waals surface area contributed by atoms with Gasteiger partial charge in [-0.2, -0.15) is 4.98 Å². The normalized spacial score (nSPS) is 16.6. The van der Waals surface area contributed by atoms with E-state index in [-0.39, 0.29) is 18.2 Å². The van der Waals surface area contributed by atoms with Crippen molar-refractivity contribution in [2.75, 3.05) is 44.4 Å². The van der Waals surface area contributed by atoms with Gasteiger partial charge in [0.2, 0.25) is 11.9 Å². The van der Waals surface area contributed by atoms with Crippen LogP contribution in [0.4, 0.5) is 17.5 Å². The second-order valence-corrected chi connectivity index (χ2v) is 9.11. The average molecular weight is 452 g/mol. The van der Waals surface area contributed by atoms with Crippen molar-refractivity contribution in [3.8, 4) is 0 Å². The number of aromatic nitrogens is 2. The van der Waals surface area contributed by atoms with Gasteiger partial charge in [-0.1, -0.05) is 6.07 Å². The number of primary amides is 1. The van der Waals surface area contributed by atoms with E-state index in [1.807, 2.05) is 35.4 Å². The maximum atomic E-state index is 13.0. The van der Waals surface area contributed by atoms with Crippen molar-refractivity contribution in [2.45, 2.75) is 44.1 Å². The number of carbonyl (C=O) groups excluding carboxylic acids is 2. The maximum absolute atomic E-state index is 13.0. The highest BCUT2D eigenvalue weighted by molar-refractivity contribution is 5.95. The van der Waals surface area contributed by atoms with Crippen LogP contribution in [0, 0.1) is 0 Å². The van der Waals surface area contributed by atoms with Gasteiger partial charge in [-0.05, 0) is 63.9 Å². The number of piperidine rings is 1. The van der Waals surface area contributed by atoms with Gasteiger partial charge < -0.3 is 26.2 Å². The third kappa shape index (κ3) is 5.98. The Labute approximate surface area is 194 Å². The second kappa shape index (κ2) is 10.2. The molecule has 1 aliphatic heterocycles. The predicted octanol–water partition coefficient (Wildman–Crippen LogP) is 2.55. The Hall–Kier alpha value is -3.20. The van der Waals surface area contributed by atoms with E-state index in [1.165, 1.54) is 0 Å². The summed E-state index contributed by atoms with van der Waals surface area (Å²) in [4.78, 5) is 37.4. The van der Waals surface area contributed by atoms with Gasteiger partial charge in [0, 0.05) is 55.1 Å². The number of amides is 2. The molecular formula is C24H33N7O2. The van der Waals surface area contributed by atoms with Gasteiger partial charge in [-0.25, -0.2) is 4.98 Å². The zero-order chi connectivity index (χ0) is 23.4. The lowest BCUT2D eigenvalue weighted by molar-refractivity contribution is -0.117. The third-order valence-electron chi connectivity index (χ3n) is 6.35. The molecule has 0 radical (unpaired) electrons. The number of nitrogens with two attached hydrogens (primary N) is 1. The molecular weight excluding hydrogens is 418 g/mol. The molecule has 9 nitrogen and oxygen atoms in total. The SMILES string of the molecule is CN(C)C1CCN(C(=O)c2cccc(Nc3ncc(C4CC4)c(NCCC(N)=O)n3)c2)CC1. The molecule has 2 heterocycles. The second-order valence-electron chi connectivity index (χ2n) is 9.11. The molecule has 33 heavy (non-hydrogen) atoms. The fourth-order valence-corrected chi connectivity index (χ4v) is 4.22. The number of hydrogen-bond donors (Lipinski definition) is 3. The number of benzene rings is 1. The van der Waals surface area contributed by atoms with Crippen LogP contribution in [0.1, 0.15) is 53.9 Å². The fourth-order valence-electron chi connectivity index (χ4n) is 4.22. The summed E-state index contributed by atoms with van der Waals surface area (Å²) < 4.78 is 0. The summed E-state index contributed by atoms with van der Waals surface area (Å²) in [6.07, 6.45) is 6.30. The smallest absolute Gasteiger partial charge is 0.253 e. The van der Waals surface area contributed by atoms with Crippen LogP contribution >= 0.6 is 0 Å². The number of hydrogen-bond acceptors (Lipinski definition) is 7. The van der Waals surface area contributed by atoms with Crippen LogP contribution in [0.25, 0.3) is 0 Å². The van der Waals surface area contributed by atoms with Gasteiger partial charge in [0.05, 0.1) is 0 Å². The van der Waals surface area contributed by atoms with Gasteiger partial charge in [-0.3, -0.25) is 9.59 Å². The molecule has 4 rings (SSSR count).